The molecule has 0 saturated heterocycles. The SMILES string of the molecule is CC[C@H](C)[C@@H](C(=O)OCc1ccc(C(N)=O)cc1[N+](=O)[O-])c1ccccc1. The van der Waals surface area contributed by atoms with Gasteiger partial charge in [0.25, 0.3) is 5.69 Å². The zero-order chi connectivity index (χ0) is 20.0. The summed E-state index contributed by atoms with van der Waals surface area (Å²) in [5, 5.41) is 11.3. The molecule has 142 valence electrons. The van der Waals surface area contributed by atoms with E-state index in [1.54, 1.807) is 0 Å². The third-order valence-corrected chi connectivity index (χ3v) is 4.56. The maximum absolute atomic E-state index is 12.7. The molecule has 0 bridgehead atoms. The normalized spacial score (nSPS) is 12.8. The average molecular weight is 370 g/mol. The highest BCUT2D eigenvalue weighted by Crippen LogP contribution is 2.29. The summed E-state index contributed by atoms with van der Waals surface area (Å²) in [4.78, 5) is 34.6. The molecule has 0 unspecified atom stereocenters. The molecule has 0 spiro atoms. The van der Waals surface area contributed by atoms with Crippen molar-refractivity contribution in [3.63, 3.8) is 0 Å². The summed E-state index contributed by atoms with van der Waals surface area (Å²) >= 11 is 0. The van der Waals surface area contributed by atoms with E-state index in [-0.39, 0.29) is 29.3 Å². The maximum atomic E-state index is 12.7. The van der Waals surface area contributed by atoms with Gasteiger partial charge in [-0.25, -0.2) is 0 Å². The van der Waals surface area contributed by atoms with Crippen LogP contribution >= 0.6 is 0 Å². The Bertz CT molecular complexity index is 836. The highest BCUT2D eigenvalue weighted by atomic mass is 16.6. The number of ether oxygens (including phenoxy) is 1. The number of nitro groups is 1. The number of rotatable bonds is 8. The van der Waals surface area contributed by atoms with Crippen molar-refractivity contribution >= 4 is 17.6 Å². The van der Waals surface area contributed by atoms with Crippen LogP contribution in [-0.2, 0) is 16.1 Å². The van der Waals surface area contributed by atoms with Crippen LogP contribution in [0.1, 0.15) is 47.7 Å². The molecule has 2 N–H and O–H groups in total. The van der Waals surface area contributed by atoms with Gasteiger partial charge in [0.2, 0.25) is 5.91 Å². The number of primary amides is 1. The van der Waals surface area contributed by atoms with Gasteiger partial charge >= 0.3 is 5.97 Å². The predicted octanol–water partition coefficient (Wildman–Crippen LogP) is 3.57. The molecule has 2 aromatic carbocycles. The first-order valence-corrected chi connectivity index (χ1v) is 8.63. The minimum Gasteiger partial charge on any atom is -0.460 e. The van der Waals surface area contributed by atoms with Crippen LogP contribution in [0.25, 0.3) is 0 Å². The molecule has 7 nitrogen and oxygen atoms in total. The van der Waals surface area contributed by atoms with Gasteiger partial charge < -0.3 is 10.5 Å². The minimum absolute atomic E-state index is 0.0264. The smallest absolute Gasteiger partial charge is 0.314 e. The molecule has 0 aliphatic carbocycles. The summed E-state index contributed by atoms with van der Waals surface area (Å²) in [5.74, 6) is -1.61. The average Bonchev–Trinajstić information content (AvgIpc) is 2.66. The van der Waals surface area contributed by atoms with Gasteiger partial charge in [-0.05, 0) is 23.6 Å². The lowest BCUT2D eigenvalue weighted by Crippen LogP contribution is -2.22. The number of benzene rings is 2. The first-order chi connectivity index (χ1) is 12.8. The topological polar surface area (TPSA) is 113 Å². The zero-order valence-corrected chi connectivity index (χ0v) is 15.3. The van der Waals surface area contributed by atoms with Crippen molar-refractivity contribution in [2.24, 2.45) is 11.7 Å². The van der Waals surface area contributed by atoms with Crippen molar-refractivity contribution in [3.05, 3.63) is 75.3 Å². The summed E-state index contributed by atoms with van der Waals surface area (Å²) in [7, 11) is 0. The highest BCUT2D eigenvalue weighted by Gasteiger charge is 2.28. The fourth-order valence-electron chi connectivity index (χ4n) is 2.84. The molecule has 0 fully saturated rings. The standard InChI is InChI=1S/C20H22N2O5/c1-3-13(2)18(14-7-5-4-6-8-14)20(24)27-12-16-10-9-15(19(21)23)11-17(16)22(25)26/h4-11,13,18H,3,12H2,1-2H3,(H2,21,23)/t13-,18+/m0/s1. The van der Waals surface area contributed by atoms with Crippen LogP contribution < -0.4 is 5.73 Å². The molecule has 1 amide bonds. The molecule has 0 heterocycles. The van der Waals surface area contributed by atoms with Crippen molar-refractivity contribution in [3.8, 4) is 0 Å². The monoisotopic (exact) mass is 370 g/mol. The molecule has 0 saturated carbocycles. The van der Waals surface area contributed by atoms with E-state index in [0.717, 1.165) is 18.1 Å². The Morgan fingerprint density at radius 3 is 2.41 bits per heavy atom. The van der Waals surface area contributed by atoms with Crippen molar-refractivity contribution in [1.29, 1.82) is 0 Å². The van der Waals surface area contributed by atoms with Gasteiger partial charge in [-0.3, -0.25) is 19.7 Å². The first kappa shape index (κ1) is 20.1. The molecule has 0 aromatic heterocycles. The first-order valence-electron chi connectivity index (χ1n) is 8.63. The Morgan fingerprint density at radius 2 is 1.85 bits per heavy atom. The van der Waals surface area contributed by atoms with Gasteiger partial charge in [0.15, 0.2) is 0 Å². The Kier molecular flexibility index (Phi) is 6.65. The number of carbonyl (C=O) groups excluding carboxylic acids is 2. The van der Waals surface area contributed by atoms with E-state index < -0.39 is 22.7 Å². The number of nitrogens with two attached hydrogens (primary N) is 1. The van der Waals surface area contributed by atoms with Crippen LogP contribution in [0.5, 0.6) is 0 Å². The van der Waals surface area contributed by atoms with Crippen molar-refractivity contribution in [2.75, 3.05) is 0 Å². The van der Waals surface area contributed by atoms with E-state index in [1.807, 2.05) is 44.2 Å². The summed E-state index contributed by atoms with van der Waals surface area (Å²) in [6.45, 7) is 3.69. The van der Waals surface area contributed by atoms with Crippen molar-refractivity contribution in [2.45, 2.75) is 32.8 Å². The molecule has 7 heteroatoms. The van der Waals surface area contributed by atoms with Gasteiger partial charge in [0, 0.05) is 11.6 Å². The van der Waals surface area contributed by atoms with Crippen LogP contribution in [0.4, 0.5) is 5.69 Å². The van der Waals surface area contributed by atoms with Crippen molar-refractivity contribution in [1.82, 2.24) is 0 Å². The Balaban J connectivity index is 2.22. The Morgan fingerprint density at radius 1 is 1.19 bits per heavy atom. The van der Waals surface area contributed by atoms with E-state index >= 15 is 0 Å². The summed E-state index contributed by atoms with van der Waals surface area (Å²) < 4.78 is 5.40. The van der Waals surface area contributed by atoms with E-state index in [0.29, 0.717) is 0 Å². The largest absolute Gasteiger partial charge is 0.460 e. The van der Waals surface area contributed by atoms with E-state index in [9.17, 15) is 19.7 Å². The predicted molar refractivity (Wildman–Crippen MR) is 100 cm³/mol. The number of carbonyl (C=O) groups is 2. The second-order valence-corrected chi connectivity index (χ2v) is 6.35. The van der Waals surface area contributed by atoms with E-state index in [1.165, 1.54) is 12.1 Å². The summed E-state index contributed by atoms with van der Waals surface area (Å²) in [5.41, 5.74) is 5.93. The number of hydrogen-bond donors (Lipinski definition) is 1. The Labute approximate surface area is 157 Å². The van der Waals surface area contributed by atoms with Crippen molar-refractivity contribution < 1.29 is 19.2 Å². The summed E-state index contributed by atoms with van der Waals surface area (Å²) in [6, 6.07) is 13.1. The number of esters is 1. The van der Waals surface area contributed by atoms with Crippen LogP contribution in [0.3, 0.4) is 0 Å². The maximum Gasteiger partial charge on any atom is 0.314 e. The number of hydrogen-bond acceptors (Lipinski definition) is 5. The minimum atomic E-state index is -0.762. The molecule has 27 heavy (non-hydrogen) atoms. The van der Waals surface area contributed by atoms with Crippen LogP contribution in [0.15, 0.2) is 48.5 Å². The van der Waals surface area contributed by atoms with Crippen LogP contribution in [0.2, 0.25) is 0 Å². The second-order valence-electron chi connectivity index (χ2n) is 6.35. The lowest BCUT2D eigenvalue weighted by atomic mass is 9.85. The van der Waals surface area contributed by atoms with Gasteiger partial charge in [-0.1, -0.05) is 50.6 Å². The van der Waals surface area contributed by atoms with Crippen LogP contribution in [-0.4, -0.2) is 16.8 Å². The molecule has 2 aromatic rings. The number of amides is 1. The van der Waals surface area contributed by atoms with E-state index in [2.05, 4.69) is 0 Å². The molecular weight excluding hydrogens is 348 g/mol. The van der Waals surface area contributed by atoms with Crippen LogP contribution in [0, 0.1) is 16.0 Å². The fraction of sp³-hybridized carbons (Fsp3) is 0.300. The number of nitrogens with zero attached hydrogens (tertiary/aromatic N) is 1. The Hall–Kier alpha value is -3.22. The van der Waals surface area contributed by atoms with Gasteiger partial charge in [-0.2, -0.15) is 0 Å². The summed E-state index contributed by atoms with van der Waals surface area (Å²) in [6.07, 6.45) is 0.780. The molecule has 2 atom stereocenters. The lowest BCUT2D eigenvalue weighted by molar-refractivity contribution is -0.385. The van der Waals surface area contributed by atoms with Gasteiger partial charge in [0.1, 0.15) is 6.61 Å². The number of nitro benzene ring substituents is 1. The van der Waals surface area contributed by atoms with Gasteiger partial charge in [0.05, 0.1) is 16.4 Å². The quantitative estimate of drug-likeness (QED) is 0.434. The molecule has 2 rings (SSSR count). The fourth-order valence-corrected chi connectivity index (χ4v) is 2.84. The highest BCUT2D eigenvalue weighted by molar-refractivity contribution is 5.93. The zero-order valence-electron chi connectivity index (χ0n) is 15.3. The van der Waals surface area contributed by atoms with Gasteiger partial charge in [-0.15, -0.1) is 0 Å². The molecule has 0 radical (unpaired) electrons. The lowest BCUT2D eigenvalue weighted by Gasteiger charge is -2.22. The third kappa shape index (κ3) is 4.91. The molecule has 0 aliphatic heterocycles. The third-order valence-electron chi connectivity index (χ3n) is 4.56. The van der Waals surface area contributed by atoms with E-state index in [4.69, 9.17) is 10.5 Å². The second kappa shape index (κ2) is 8.93. The molecule has 0 aliphatic rings. The molecular formula is C20H22N2O5.